The van der Waals surface area contributed by atoms with E-state index in [2.05, 4.69) is 115 Å². The first-order valence-corrected chi connectivity index (χ1v) is 12.9. The zero-order chi connectivity index (χ0) is 23.3. The van der Waals surface area contributed by atoms with Gasteiger partial charge in [-0.05, 0) is 58.0 Å². The summed E-state index contributed by atoms with van der Waals surface area (Å²) in [6, 6.07) is 35.5. The summed E-state index contributed by atoms with van der Waals surface area (Å²) in [6.07, 6.45) is 0. The van der Waals surface area contributed by atoms with E-state index in [4.69, 9.17) is 4.98 Å². The van der Waals surface area contributed by atoms with Gasteiger partial charge in [0.15, 0.2) is 5.13 Å². The van der Waals surface area contributed by atoms with Crippen LogP contribution in [0.5, 0.6) is 0 Å². The molecule has 0 saturated carbocycles. The number of thiazole rings is 1. The number of para-hydroxylation sites is 2. The Kier molecular flexibility index (Phi) is 3.64. The summed E-state index contributed by atoms with van der Waals surface area (Å²) >= 11 is 1.76. The van der Waals surface area contributed by atoms with Crippen LogP contribution in [0.15, 0.2) is 97.1 Å². The molecule has 35 heavy (non-hydrogen) atoms. The van der Waals surface area contributed by atoms with Crippen LogP contribution in [0.25, 0.3) is 59.1 Å². The second-order valence-electron chi connectivity index (χ2n) is 10.1. The van der Waals surface area contributed by atoms with E-state index in [0.29, 0.717) is 0 Å². The molecular formula is C32H22N2S. The Morgan fingerprint density at radius 2 is 1.49 bits per heavy atom. The van der Waals surface area contributed by atoms with Crippen molar-refractivity contribution in [3.63, 3.8) is 0 Å². The van der Waals surface area contributed by atoms with Gasteiger partial charge in [-0.3, -0.25) is 4.57 Å². The molecule has 166 valence electrons. The third-order valence-electron chi connectivity index (χ3n) is 7.83. The molecule has 3 heteroatoms. The summed E-state index contributed by atoms with van der Waals surface area (Å²) in [6.45, 7) is 4.69. The Morgan fingerprint density at radius 3 is 2.40 bits per heavy atom. The van der Waals surface area contributed by atoms with E-state index < -0.39 is 0 Å². The molecule has 0 bridgehead atoms. The summed E-state index contributed by atoms with van der Waals surface area (Å²) in [7, 11) is 0. The van der Waals surface area contributed by atoms with E-state index >= 15 is 0 Å². The second-order valence-corrected chi connectivity index (χ2v) is 11.1. The monoisotopic (exact) mass is 466 g/mol. The Bertz CT molecular complexity index is 1950. The van der Waals surface area contributed by atoms with Gasteiger partial charge in [0.1, 0.15) is 0 Å². The van der Waals surface area contributed by atoms with Crippen molar-refractivity contribution in [3.05, 3.63) is 108 Å². The molecule has 0 saturated heterocycles. The van der Waals surface area contributed by atoms with Crippen LogP contribution in [0.4, 0.5) is 0 Å². The van der Waals surface area contributed by atoms with Crippen LogP contribution in [-0.4, -0.2) is 9.55 Å². The van der Waals surface area contributed by atoms with E-state index in [9.17, 15) is 0 Å². The van der Waals surface area contributed by atoms with Crippen LogP contribution in [0, 0.1) is 0 Å². The average molecular weight is 467 g/mol. The third-order valence-corrected chi connectivity index (χ3v) is 8.85. The van der Waals surface area contributed by atoms with Gasteiger partial charge in [-0.25, -0.2) is 4.98 Å². The van der Waals surface area contributed by atoms with Gasteiger partial charge in [0.2, 0.25) is 0 Å². The first-order valence-electron chi connectivity index (χ1n) is 12.1. The van der Waals surface area contributed by atoms with Gasteiger partial charge in [0, 0.05) is 21.6 Å². The standard InChI is InChI=1S/C32H22N2S/c1-32(2)25-11-5-3-9-20(25)24-18-23-19(17-26(24)32)15-16-22-21-10-4-7-13-28(21)34(30(22)23)31-33-27-12-6-8-14-29(27)35-31/h3-18H,1-2H3. The van der Waals surface area contributed by atoms with Crippen molar-refractivity contribution in [2.24, 2.45) is 0 Å². The number of benzene rings is 5. The fourth-order valence-corrected chi connectivity index (χ4v) is 7.12. The van der Waals surface area contributed by atoms with E-state index in [-0.39, 0.29) is 5.41 Å². The van der Waals surface area contributed by atoms with Gasteiger partial charge in [-0.1, -0.05) is 91.9 Å². The maximum absolute atomic E-state index is 5.08. The first-order chi connectivity index (χ1) is 17.1. The molecule has 0 aliphatic heterocycles. The molecule has 0 N–H and O–H groups in total. The number of nitrogens with zero attached hydrogens (tertiary/aromatic N) is 2. The van der Waals surface area contributed by atoms with Crippen LogP contribution in [0.1, 0.15) is 25.0 Å². The highest BCUT2D eigenvalue weighted by Gasteiger charge is 2.35. The van der Waals surface area contributed by atoms with Gasteiger partial charge >= 0.3 is 0 Å². The Hall–Kier alpha value is -3.95. The van der Waals surface area contributed by atoms with Crippen LogP contribution < -0.4 is 0 Å². The normalized spacial score (nSPS) is 14.2. The van der Waals surface area contributed by atoms with E-state index in [1.54, 1.807) is 11.3 Å². The lowest BCUT2D eigenvalue weighted by atomic mass is 9.82. The molecule has 0 spiro atoms. The largest absolute Gasteiger partial charge is 0.285 e. The van der Waals surface area contributed by atoms with Gasteiger partial charge in [-0.2, -0.15) is 0 Å². The Labute approximate surface area is 207 Å². The summed E-state index contributed by atoms with van der Waals surface area (Å²) in [5, 5.41) is 6.13. The Morgan fingerprint density at radius 1 is 0.686 bits per heavy atom. The fraction of sp³-hybridized carbons (Fsp3) is 0.0938. The van der Waals surface area contributed by atoms with Crippen molar-refractivity contribution < 1.29 is 0 Å². The lowest BCUT2D eigenvalue weighted by Crippen LogP contribution is -2.14. The number of fused-ring (bicyclic) bond motifs is 9. The third kappa shape index (κ3) is 2.46. The zero-order valence-corrected chi connectivity index (χ0v) is 20.4. The molecule has 1 aliphatic rings. The van der Waals surface area contributed by atoms with Gasteiger partial charge in [-0.15, -0.1) is 0 Å². The average Bonchev–Trinajstić information content (AvgIpc) is 3.52. The van der Waals surface area contributed by atoms with Crippen molar-refractivity contribution >= 4 is 54.1 Å². The lowest BCUT2D eigenvalue weighted by molar-refractivity contribution is 0.661. The lowest BCUT2D eigenvalue weighted by Gasteiger charge is -2.21. The number of rotatable bonds is 1. The molecule has 0 amide bonds. The smallest absolute Gasteiger partial charge is 0.195 e. The number of hydrogen-bond donors (Lipinski definition) is 0. The summed E-state index contributed by atoms with van der Waals surface area (Å²) in [4.78, 5) is 5.08. The molecule has 0 radical (unpaired) electrons. The second kappa shape index (κ2) is 6.59. The molecule has 7 aromatic rings. The highest BCUT2D eigenvalue weighted by molar-refractivity contribution is 7.20. The first kappa shape index (κ1) is 19.4. The van der Waals surface area contributed by atoms with E-state index in [1.807, 2.05) is 0 Å². The van der Waals surface area contributed by atoms with Crippen LogP contribution in [0.3, 0.4) is 0 Å². The van der Waals surface area contributed by atoms with Gasteiger partial charge in [0.05, 0.1) is 21.3 Å². The molecule has 1 aliphatic carbocycles. The maximum atomic E-state index is 5.08. The maximum Gasteiger partial charge on any atom is 0.195 e. The van der Waals surface area contributed by atoms with Crippen LogP contribution in [-0.2, 0) is 5.41 Å². The number of hydrogen-bond acceptors (Lipinski definition) is 2. The SMILES string of the molecule is CC1(C)c2ccccc2-c2cc3c(ccc4c5ccccc5n(-c5nc6ccccc6s5)c34)cc21. The minimum atomic E-state index is -0.00515. The predicted octanol–water partition coefficient (Wildman–Crippen LogP) is 8.85. The molecular weight excluding hydrogens is 444 g/mol. The van der Waals surface area contributed by atoms with E-state index in [1.165, 1.54) is 59.5 Å². The Balaban J connectivity index is 1.55. The van der Waals surface area contributed by atoms with E-state index in [0.717, 1.165) is 10.6 Å². The van der Waals surface area contributed by atoms with Gasteiger partial charge < -0.3 is 0 Å². The van der Waals surface area contributed by atoms with Crippen LogP contribution in [0.2, 0.25) is 0 Å². The summed E-state index contributed by atoms with van der Waals surface area (Å²) in [5.74, 6) is 0. The van der Waals surface area contributed by atoms with Crippen molar-refractivity contribution in [3.8, 4) is 16.3 Å². The van der Waals surface area contributed by atoms with Crippen molar-refractivity contribution in [1.29, 1.82) is 0 Å². The van der Waals surface area contributed by atoms with Crippen molar-refractivity contribution in [2.45, 2.75) is 19.3 Å². The molecule has 8 rings (SSSR count). The topological polar surface area (TPSA) is 17.8 Å². The number of aromatic nitrogens is 2. The van der Waals surface area contributed by atoms with Crippen molar-refractivity contribution in [2.75, 3.05) is 0 Å². The highest BCUT2D eigenvalue weighted by Crippen LogP contribution is 2.50. The minimum Gasteiger partial charge on any atom is -0.285 e. The fourth-order valence-electron chi connectivity index (χ4n) is 6.13. The highest BCUT2D eigenvalue weighted by atomic mass is 32.1. The summed E-state index contributed by atoms with van der Waals surface area (Å²) < 4.78 is 3.60. The quantitative estimate of drug-likeness (QED) is 0.236. The molecule has 5 aromatic carbocycles. The van der Waals surface area contributed by atoms with Gasteiger partial charge in [0.25, 0.3) is 0 Å². The zero-order valence-electron chi connectivity index (χ0n) is 19.5. The van der Waals surface area contributed by atoms with Crippen LogP contribution >= 0.6 is 11.3 Å². The predicted molar refractivity (Wildman–Crippen MR) is 149 cm³/mol. The minimum absolute atomic E-state index is 0.00515. The molecule has 0 unspecified atom stereocenters. The molecule has 0 fully saturated rings. The molecule has 2 heterocycles. The summed E-state index contributed by atoms with van der Waals surface area (Å²) in [5.41, 5.74) is 9.02. The molecule has 0 atom stereocenters. The van der Waals surface area contributed by atoms with Crippen molar-refractivity contribution in [1.82, 2.24) is 9.55 Å². The molecule has 2 nitrogen and oxygen atoms in total. The molecule has 2 aromatic heterocycles.